The van der Waals surface area contributed by atoms with Crippen LogP contribution in [0.25, 0.3) is 0 Å². The molecule has 0 aromatic heterocycles. The molecule has 18 heavy (non-hydrogen) atoms. The van der Waals surface area contributed by atoms with Gasteiger partial charge in [0.2, 0.25) is 0 Å². The van der Waals surface area contributed by atoms with Gasteiger partial charge in [-0.25, -0.2) is 0 Å². The Labute approximate surface area is 121 Å². The molecule has 0 aliphatic rings. The van der Waals surface area contributed by atoms with E-state index in [-0.39, 0.29) is 0 Å². The maximum absolute atomic E-state index is 5.95. The number of anilines is 1. The second kappa shape index (κ2) is 5.77. The molecule has 0 atom stereocenters. The largest absolute Gasteiger partial charge is 0.381 e. The molecular formula is C15H15BrClN. The number of nitrogens with one attached hydrogen (secondary N) is 1. The normalized spacial score (nSPS) is 10.4. The monoisotopic (exact) mass is 323 g/mol. The SMILES string of the molecule is Cc1cc(Cl)ccc1CNc1ccc(Br)cc1C. The molecule has 2 rings (SSSR count). The first-order valence-electron chi connectivity index (χ1n) is 5.81. The average Bonchev–Trinajstić information content (AvgIpc) is 2.30. The van der Waals surface area contributed by atoms with E-state index in [1.165, 1.54) is 16.7 Å². The first-order valence-corrected chi connectivity index (χ1v) is 6.98. The number of benzene rings is 2. The van der Waals surface area contributed by atoms with Crippen molar-refractivity contribution < 1.29 is 0 Å². The lowest BCUT2D eigenvalue weighted by Gasteiger charge is -2.12. The van der Waals surface area contributed by atoms with Gasteiger partial charge in [-0.3, -0.25) is 0 Å². The van der Waals surface area contributed by atoms with Crippen LogP contribution in [-0.4, -0.2) is 0 Å². The Kier molecular flexibility index (Phi) is 4.31. The predicted octanol–water partition coefficient (Wildman–Crippen LogP) is 5.33. The highest BCUT2D eigenvalue weighted by Crippen LogP contribution is 2.22. The average molecular weight is 325 g/mol. The van der Waals surface area contributed by atoms with Crippen molar-refractivity contribution in [2.75, 3.05) is 5.32 Å². The Morgan fingerprint density at radius 1 is 1.06 bits per heavy atom. The van der Waals surface area contributed by atoms with Crippen molar-refractivity contribution in [3.63, 3.8) is 0 Å². The molecule has 0 amide bonds. The fraction of sp³-hybridized carbons (Fsp3) is 0.200. The summed E-state index contributed by atoms with van der Waals surface area (Å²) in [6.45, 7) is 4.99. The fourth-order valence-electron chi connectivity index (χ4n) is 1.87. The summed E-state index contributed by atoms with van der Waals surface area (Å²) in [7, 11) is 0. The predicted molar refractivity (Wildman–Crippen MR) is 82.4 cm³/mol. The first kappa shape index (κ1) is 13.4. The van der Waals surface area contributed by atoms with Crippen LogP contribution < -0.4 is 5.32 Å². The molecule has 1 nitrogen and oxygen atoms in total. The van der Waals surface area contributed by atoms with E-state index in [0.29, 0.717) is 0 Å². The van der Waals surface area contributed by atoms with Crippen molar-refractivity contribution in [2.24, 2.45) is 0 Å². The van der Waals surface area contributed by atoms with Crippen molar-refractivity contribution in [1.29, 1.82) is 0 Å². The molecule has 0 radical (unpaired) electrons. The molecule has 0 saturated heterocycles. The summed E-state index contributed by atoms with van der Waals surface area (Å²) in [4.78, 5) is 0. The van der Waals surface area contributed by atoms with Crippen molar-refractivity contribution in [3.8, 4) is 0 Å². The van der Waals surface area contributed by atoms with Gasteiger partial charge in [-0.15, -0.1) is 0 Å². The zero-order chi connectivity index (χ0) is 13.1. The topological polar surface area (TPSA) is 12.0 Å². The molecule has 0 spiro atoms. The van der Waals surface area contributed by atoms with Gasteiger partial charge < -0.3 is 5.32 Å². The van der Waals surface area contributed by atoms with Crippen molar-refractivity contribution in [2.45, 2.75) is 20.4 Å². The lowest BCUT2D eigenvalue weighted by molar-refractivity contribution is 1.11. The number of hydrogen-bond donors (Lipinski definition) is 1. The summed E-state index contributed by atoms with van der Waals surface area (Å²) >= 11 is 9.42. The number of aryl methyl sites for hydroxylation is 2. The molecule has 3 heteroatoms. The lowest BCUT2D eigenvalue weighted by atomic mass is 10.1. The fourth-order valence-corrected chi connectivity index (χ4v) is 2.58. The Bertz CT molecular complexity index is 515. The minimum Gasteiger partial charge on any atom is -0.381 e. The van der Waals surface area contributed by atoms with Gasteiger partial charge in [-0.1, -0.05) is 33.6 Å². The van der Waals surface area contributed by atoms with E-state index in [0.717, 1.165) is 21.7 Å². The van der Waals surface area contributed by atoms with Crippen LogP contribution in [0.4, 0.5) is 5.69 Å². The van der Waals surface area contributed by atoms with Crippen LogP contribution in [0.2, 0.25) is 5.02 Å². The van der Waals surface area contributed by atoms with E-state index in [2.05, 4.69) is 53.3 Å². The summed E-state index contributed by atoms with van der Waals surface area (Å²) in [5.74, 6) is 0. The molecule has 2 aromatic rings. The summed E-state index contributed by atoms with van der Waals surface area (Å²) in [6.07, 6.45) is 0. The lowest BCUT2D eigenvalue weighted by Crippen LogP contribution is -2.02. The maximum Gasteiger partial charge on any atom is 0.0408 e. The Hall–Kier alpha value is -0.990. The van der Waals surface area contributed by atoms with E-state index in [1.54, 1.807) is 0 Å². The molecular weight excluding hydrogens is 310 g/mol. The van der Waals surface area contributed by atoms with Crippen LogP contribution in [-0.2, 0) is 6.54 Å². The highest BCUT2D eigenvalue weighted by atomic mass is 79.9. The Morgan fingerprint density at radius 2 is 1.83 bits per heavy atom. The quantitative estimate of drug-likeness (QED) is 0.804. The third-order valence-electron chi connectivity index (χ3n) is 2.96. The molecule has 0 heterocycles. The molecule has 0 bridgehead atoms. The minimum atomic E-state index is 0.788. The van der Waals surface area contributed by atoms with Crippen LogP contribution in [0, 0.1) is 13.8 Å². The zero-order valence-corrected chi connectivity index (χ0v) is 12.8. The number of halogens is 2. The van der Waals surface area contributed by atoms with E-state index in [4.69, 9.17) is 11.6 Å². The number of rotatable bonds is 3. The molecule has 0 fully saturated rings. The van der Waals surface area contributed by atoms with E-state index in [9.17, 15) is 0 Å². The third-order valence-corrected chi connectivity index (χ3v) is 3.69. The van der Waals surface area contributed by atoms with Gasteiger partial charge in [0.15, 0.2) is 0 Å². The Balaban J connectivity index is 2.11. The van der Waals surface area contributed by atoms with Crippen molar-refractivity contribution in [3.05, 3.63) is 62.6 Å². The van der Waals surface area contributed by atoms with Crippen LogP contribution in [0.1, 0.15) is 16.7 Å². The third kappa shape index (κ3) is 3.27. The minimum absolute atomic E-state index is 0.788. The molecule has 1 N–H and O–H groups in total. The van der Waals surface area contributed by atoms with Gasteiger partial charge in [0.25, 0.3) is 0 Å². The van der Waals surface area contributed by atoms with Gasteiger partial charge in [-0.2, -0.15) is 0 Å². The first-order chi connectivity index (χ1) is 8.56. The summed E-state index contributed by atoms with van der Waals surface area (Å²) in [6, 6.07) is 12.2. The van der Waals surface area contributed by atoms with Gasteiger partial charge in [-0.05, 0) is 60.9 Å². The molecule has 0 unspecified atom stereocenters. The van der Waals surface area contributed by atoms with Crippen LogP contribution in [0.15, 0.2) is 40.9 Å². The maximum atomic E-state index is 5.95. The second-order valence-corrected chi connectivity index (χ2v) is 5.74. The molecule has 94 valence electrons. The highest BCUT2D eigenvalue weighted by Gasteiger charge is 2.02. The van der Waals surface area contributed by atoms with E-state index < -0.39 is 0 Å². The van der Waals surface area contributed by atoms with Gasteiger partial charge >= 0.3 is 0 Å². The zero-order valence-electron chi connectivity index (χ0n) is 10.4. The van der Waals surface area contributed by atoms with Crippen LogP contribution >= 0.6 is 27.5 Å². The summed E-state index contributed by atoms with van der Waals surface area (Å²) < 4.78 is 1.10. The molecule has 2 aromatic carbocycles. The smallest absolute Gasteiger partial charge is 0.0408 e. The van der Waals surface area contributed by atoms with Gasteiger partial charge in [0.05, 0.1) is 0 Å². The summed E-state index contributed by atoms with van der Waals surface area (Å²) in [5.41, 5.74) is 4.87. The van der Waals surface area contributed by atoms with E-state index >= 15 is 0 Å². The Morgan fingerprint density at radius 3 is 2.50 bits per heavy atom. The van der Waals surface area contributed by atoms with Gasteiger partial charge in [0, 0.05) is 21.7 Å². The van der Waals surface area contributed by atoms with Crippen molar-refractivity contribution >= 4 is 33.2 Å². The van der Waals surface area contributed by atoms with E-state index in [1.807, 2.05) is 18.2 Å². The molecule has 0 saturated carbocycles. The second-order valence-electron chi connectivity index (χ2n) is 4.38. The van der Waals surface area contributed by atoms with Crippen LogP contribution in [0.3, 0.4) is 0 Å². The summed E-state index contributed by atoms with van der Waals surface area (Å²) in [5, 5.41) is 4.24. The van der Waals surface area contributed by atoms with Gasteiger partial charge in [0.1, 0.15) is 0 Å². The number of hydrogen-bond acceptors (Lipinski definition) is 1. The molecule has 0 aliphatic carbocycles. The highest BCUT2D eigenvalue weighted by molar-refractivity contribution is 9.10. The van der Waals surface area contributed by atoms with Crippen LogP contribution in [0.5, 0.6) is 0 Å². The standard InChI is InChI=1S/C15H15BrClN/c1-10-8-14(17)5-3-12(10)9-18-15-6-4-13(16)7-11(15)2/h3-8,18H,9H2,1-2H3. The van der Waals surface area contributed by atoms with Crippen molar-refractivity contribution in [1.82, 2.24) is 0 Å². The molecule has 0 aliphatic heterocycles.